The van der Waals surface area contributed by atoms with Gasteiger partial charge < -0.3 is 26.2 Å². The zero-order valence-corrected chi connectivity index (χ0v) is 30.8. The number of urea groups is 1. The molecule has 274 valence electrons. The molecule has 15 heteroatoms. The third kappa shape index (κ3) is 10.1. The van der Waals surface area contributed by atoms with Crippen LogP contribution in [-0.4, -0.2) is 103 Å². The molecule has 0 radical (unpaired) electrons. The van der Waals surface area contributed by atoms with Crippen molar-refractivity contribution in [3.8, 4) is 0 Å². The number of nitrogens with zero attached hydrogens (tertiary/aromatic N) is 2. The van der Waals surface area contributed by atoms with Crippen LogP contribution in [0.3, 0.4) is 0 Å². The Hall–Kier alpha value is -2.78. The number of ketones is 1. The SMILES string of the molecule is CCC[C@H](NC(=O)[C@@H]1[C@@H](C(C)C)CCN1C(=O)[C@@H](NC(=O)NC1(CS(=O)(=O)N(C)OC)CCCCC1)C(C)(C)C)C(=O)C(=O)NC1CC1. The maximum Gasteiger partial charge on any atom is 0.315 e. The Morgan fingerprint density at radius 1 is 1.00 bits per heavy atom. The average Bonchev–Trinajstić information content (AvgIpc) is 3.70. The van der Waals surface area contributed by atoms with Crippen molar-refractivity contribution in [1.29, 1.82) is 0 Å². The summed E-state index contributed by atoms with van der Waals surface area (Å²) in [5.41, 5.74) is -1.83. The molecule has 4 atom stereocenters. The van der Waals surface area contributed by atoms with E-state index in [2.05, 4.69) is 21.3 Å². The van der Waals surface area contributed by atoms with E-state index in [1.807, 2.05) is 41.5 Å². The van der Waals surface area contributed by atoms with Crippen molar-refractivity contribution in [3.05, 3.63) is 0 Å². The zero-order valence-electron chi connectivity index (χ0n) is 30.0. The number of amides is 5. The zero-order chi connectivity index (χ0) is 36.0. The number of hydrogen-bond donors (Lipinski definition) is 4. The summed E-state index contributed by atoms with van der Waals surface area (Å²) in [4.78, 5) is 74.1. The molecule has 0 unspecified atom stereocenters. The van der Waals surface area contributed by atoms with Gasteiger partial charge in [-0.3, -0.25) is 24.0 Å². The quantitative estimate of drug-likeness (QED) is 0.148. The van der Waals surface area contributed by atoms with Gasteiger partial charge in [-0.15, -0.1) is 0 Å². The highest BCUT2D eigenvalue weighted by atomic mass is 32.2. The van der Waals surface area contributed by atoms with E-state index in [9.17, 15) is 32.4 Å². The normalized spacial score (nSPS) is 22.6. The maximum absolute atomic E-state index is 14.4. The van der Waals surface area contributed by atoms with Crippen molar-refractivity contribution >= 4 is 39.6 Å². The van der Waals surface area contributed by atoms with Crippen LogP contribution in [0.4, 0.5) is 4.79 Å². The summed E-state index contributed by atoms with van der Waals surface area (Å²) in [6.07, 6.45) is 6.32. The molecule has 4 N–H and O–H groups in total. The van der Waals surface area contributed by atoms with Crippen molar-refractivity contribution < 1.29 is 37.2 Å². The summed E-state index contributed by atoms with van der Waals surface area (Å²) in [6.45, 7) is 11.5. The van der Waals surface area contributed by atoms with Crippen molar-refractivity contribution in [3.63, 3.8) is 0 Å². The highest BCUT2D eigenvalue weighted by Crippen LogP contribution is 2.34. The molecule has 3 fully saturated rings. The average molecular weight is 699 g/mol. The molecule has 1 aliphatic heterocycles. The standard InChI is InChI=1S/C33H58N6O8S/c1-9-13-24(26(40)29(42)34-22-14-15-22)35-28(41)25-23(21(2)3)16-19-39(25)30(43)27(32(4,5)6)36-31(44)37-33(17-11-10-12-18-33)20-48(45,46)38(7)47-8/h21-25,27H,9-20H2,1-8H3,(H,34,42)(H,35,41)(H2,36,37,44)/t23-,24+,25+,27-/m1/s1. The van der Waals surface area contributed by atoms with Crippen LogP contribution in [0.1, 0.15) is 106 Å². The highest BCUT2D eigenvalue weighted by Gasteiger charge is 2.48. The first kappa shape index (κ1) is 39.7. The van der Waals surface area contributed by atoms with Crippen molar-refractivity contribution in [2.45, 2.75) is 135 Å². The van der Waals surface area contributed by atoms with Crippen LogP contribution in [0, 0.1) is 17.3 Å². The highest BCUT2D eigenvalue weighted by molar-refractivity contribution is 7.89. The molecule has 48 heavy (non-hydrogen) atoms. The molecule has 3 rings (SSSR count). The number of carbonyl (C=O) groups is 5. The number of carbonyl (C=O) groups excluding carboxylic acids is 5. The third-order valence-electron chi connectivity index (χ3n) is 9.88. The summed E-state index contributed by atoms with van der Waals surface area (Å²) in [5, 5.41) is 11.3. The minimum Gasteiger partial charge on any atom is -0.347 e. The van der Waals surface area contributed by atoms with E-state index in [-0.39, 0.29) is 36.6 Å². The number of hydroxylamine groups is 1. The van der Waals surface area contributed by atoms with Gasteiger partial charge in [-0.1, -0.05) is 71.7 Å². The molecule has 5 amide bonds. The Kier molecular flexibility index (Phi) is 13.5. The van der Waals surface area contributed by atoms with Gasteiger partial charge in [-0.2, -0.15) is 0 Å². The van der Waals surface area contributed by atoms with Crippen LogP contribution in [0.2, 0.25) is 0 Å². The van der Waals surface area contributed by atoms with Crippen LogP contribution in [0.25, 0.3) is 0 Å². The number of Topliss-reactive ketones (excluding diaryl/α,β-unsaturated/α-hetero) is 1. The fraction of sp³-hybridized carbons (Fsp3) is 0.848. The predicted molar refractivity (Wildman–Crippen MR) is 181 cm³/mol. The number of rotatable bonds is 15. The van der Waals surface area contributed by atoms with E-state index in [1.165, 1.54) is 19.1 Å². The fourth-order valence-corrected chi connectivity index (χ4v) is 8.33. The van der Waals surface area contributed by atoms with Crippen LogP contribution in [0.5, 0.6) is 0 Å². The van der Waals surface area contributed by atoms with Gasteiger partial charge in [0.25, 0.3) is 5.91 Å². The van der Waals surface area contributed by atoms with E-state index in [0.29, 0.717) is 25.7 Å². The monoisotopic (exact) mass is 698 g/mol. The largest absolute Gasteiger partial charge is 0.347 e. The number of hydrogen-bond acceptors (Lipinski definition) is 8. The summed E-state index contributed by atoms with van der Waals surface area (Å²) in [7, 11) is -1.30. The van der Waals surface area contributed by atoms with Crippen molar-refractivity contribution in [2.75, 3.05) is 26.5 Å². The third-order valence-corrected chi connectivity index (χ3v) is 11.7. The van der Waals surface area contributed by atoms with Gasteiger partial charge in [0.2, 0.25) is 27.6 Å². The molecule has 2 saturated carbocycles. The van der Waals surface area contributed by atoms with Crippen LogP contribution in [0.15, 0.2) is 0 Å². The smallest absolute Gasteiger partial charge is 0.315 e. The molecule has 0 bridgehead atoms. The van der Waals surface area contributed by atoms with Crippen LogP contribution < -0.4 is 21.3 Å². The second-order valence-corrected chi connectivity index (χ2v) is 17.2. The number of sulfonamides is 1. The lowest BCUT2D eigenvalue weighted by Gasteiger charge is -2.40. The first-order valence-corrected chi connectivity index (χ1v) is 19.0. The predicted octanol–water partition coefficient (Wildman–Crippen LogP) is 2.23. The van der Waals surface area contributed by atoms with Crippen molar-refractivity contribution in [1.82, 2.24) is 30.6 Å². The Balaban J connectivity index is 1.83. The molecule has 0 aromatic heterocycles. The molecule has 0 aromatic carbocycles. The maximum atomic E-state index is 14.4. The minimum atomic E-state index is -3.86. The fourth-order valence-electron chi connectivity index (χ4n) is 6.86. The lowest BCUT2D eigenvalue weighted by Crippen LogP contribution is -2.64. The molecule has 14 nitrogen and oxygen atoms in total. The van der Waals surface area contributed by atoms with E-state index < -0.39 is 68.6 Å². The number of nitrogens with one attached hydrogen (secondary N) is 4. The first-order chi connectivity index (χ1) is 22.4. The van der Waals surface area contributed by atoms with E-state index in [1.54, 1.807) is 0 Å². The van der Waals surface area contributed by atoms with Gasteiger partial charge in [-0.25, -0.2) is 13.2 Å². The minimum absolute atomic E-state index is 0.00387. The summed E-state index contributed by atoms with van der Waals surface area (Å²) in [6, 6.07) is -3.67. The van der Waals surface area contributed by atoms with Gasteiger partial charge in [0, 0.05) is 19.6 Å². The van der Waals surface area contributed by atoms with Gasteiger partial charge in [0.15, 0.2) is 0 Å². The van der Waals surface area contributed by atoms with Crippen molar-refractivity contribution in [2.24, 2.45) is 17.3 Å². The van der Waals surface area contributed by atoms with E-state index >= 15 is 0 Å². The van der Waals surface area contributed by atoms with Gasteiger partial charge >= 0.3 is 6.03 Å². The van der Waals surface area contributed by atoms with Gasteiger partial charge in [0.05, 0.1) is 24.4 Å². The van der Waals surface area contributed by atoms with Crippen LogP contribution >= 0.6 is 0 Å². The first-order valence-electron chi connectivity index (χ1n) is 17.4. The molecule has 0 spiro atoms. The molecule has 1 saturated heterocycles. The number of likely N-dealkylation sites (tertiary alicyclic amines) is 1. The Bertz CT molecular complexity index is 1290. The topological polar surface area (TPSA) is 183 Å². The lowest BCUT2D eigenvalue weighted by molar-refractivity contribution is -0.145. The summed E-state index contributed by atoms with van der Waals surface area (Å²) < 4.78 is 26.8. The Morgan fingerprint density at radius 2 is 1.62 bits per heavy atom. The second-order valence-electron chi connectivity index (χ2n) is 15.2. The molecular weight excluding hydrogens is 640 g/mol. The van der Waals surface area contributed by atoms with Gasteiger partial charge in [0.1, 0.15) is 12.1 Å². The van der Waals surface area contributed by atoms with Crippen LogP contribution in [-0.2, 0) is 34.0 Å². The molecule has 3 aliphatic rings. The Labute approximate surface area is 286 Å². The Morgan fingerprint density at radius 3 is 2.15 bits per heavy atom. The van der Waals surface area contributed by atoms with Gasteiger partial charge in [-0.05, 0) is 55.8 Å². The molecule has 1 heterocycles. The molecule has 2 aliphatic carbocycles. The summed E-state index contributed by atoms with van der Waals surface area (Å²) >= 11 is 0. The van der Waals surface area contributed by atoms with E-state index in [4.69, 9.17) is 4.84 Å². The molecule has 0 aromatic rings. The lowest BCUT2D eigenvalue weighted by atomic mass is 9.83. The van der Waals surface area contributed by atoms with E-state index in [0.717, 1.165) is 36.6 Å². The molecular formula is C33H58N6O8S. The second kappa shape index (κ2) is 16.3. The summed E-state index contributed by atoms with van der Waals surface area (Å²) in [5.74, 6) is -2.90.